The van der Waals surface area contributed by atoms with Crippen molar-refractivity contribution >= 4 is 28.7 Å². The summed E-state index contributed by atoms with van der Waals surface area (Å²) in [6.45, 7) is 0. The lowest BCUT2D eigenvalue weighted by molar-refractivity contribution is 0.206. The van der Waals surface area contributed by atoms with E-state index in [0.29, 0.717) is 17.2 Å². The fourth-order valence-electron chi connectivity index (χ4n) is 3.06. The number of thiocarbonyl (C=S) groups is 1. The van der Waals surface area contributed by atoms with Crippen LogP contribution in [0.2, 0.25) is 0 Å². The van der Waals surface area contributed by atoms with E-state index in [4.69, 9.17) is 17.0 Å². The Labute approximate surface area is 168 Å². The Hall–Kier alpha value is -3.25. The molecule has 3 aromatic rings. The van der Waals surface area contributed by atoms with Crippen molar-refractivity contribution in [3.63, 3.8) is 0 Å². The van der Waals surface area contributed by atoms with Crippen molar-refractivity contribution in [3.05, 3.63) is 95.8 Å². The summed E-state index contributed by atoms with van der Waals surface area (Å²) in [5, 5.41) is 7.85. The third-order valence-electron chi connectivity index (χ3n) is 4.41. The van der Waals surface area contributed by atoms with Gasteiger partial charge in [0.25, 0.3) is 0 Å². The fraction of sp³-hybridized carbons (Fsp3) is 0.0909. The van der Waals surface area contributed by atoms with Gasteiger partial charge in [0, 0.05) is 17.7 Å². The van der Waals surface area contributed by atoms with Crippen LogP contribution in [0.5, 0.6) is 5.75 Å². The zero-order valence-electron chi connectivity index (χ0n) is 14.9. The van der Waals surface area contributed by atoms with Crippen molar-refractivity contribution in [2.24, 2.45) is 5.10 Å². The van der Waals surface area contributed by atoms with Gasteiger partial charge in [-0.25, -0.2) is 4.39 Å². The zero-order chi connectivity index (χ0) is 19.3. The van der Waals surface area contributed by atoms with Crippen molar-refractivity contribution < 1.29 is 9.13 Å². The van der Waals surface area contributed by atoms with Crippen LogP contribution >= 0.6 is 12.2 Å². The predicted octanol–water partition coefficient (Wildman–Crippen LogP) is 5.04. The highest BCUT2D eigenvalue weighted by atomic mass is 32.1. The standard InChI is InChI=1S/C22H18FN3OS/c23-16-10-12-17(13-11-16)24-22(28)26-25-19-14-21(15-6-2-1-3-7-15)27-20-9-5-4-8-18(19)20/h1-13,21H,14H2,(H2,24,26,28)/t21-/m0/s1. The molecule has 0 radical (unpaired) electrons. The van der Waals surface area contributed by atoms with Crippen molar-refractivity contribution in [3.8, 4) is 5.75 Å². The molecule has 1 aliphatic heterocycles. The Kier molecular flexibility index (Phi) is 5.30. The fourth-order valence-corrected chi connectivity index (χ4v) is 3.22. The van der Waals surface area contributed by atoms with E-state index in [0.717, 1.165) is 22.6 Å². The molecule has 1 aliphatic rings. The Bertz CT molecular complexity index is 1010. The number of nitrogens with zero attached hydrogens (tertiary/aromatic N) is 1. The van der Waals surface area contributed by atoms with Crippen molar-refractivity contribution in [2.45, 2.75) is 12.5 Å². The van der Waals surface area contributed by atoms with E-state index >= 15 is 0 Å². The Morgan fingerprint density at radius 3 is 2.46 bits per heavy atom. The summed E-state index contributed by atoms with van der Waals surface area (Å²) in [5.74, 6) is 0.496. The summed E-state index contributed by atoms with van der Waals surface area (Å²) in [7, 11) is 0. The number of hydrazone groups is 1. The van der Waals surface area contributed by atoms with Crippen LogP contribution in [0.25, 0.3) is 0 Å². The molecule has 0 amide bonds. The molecule has 4 rings (SSSR count). The molecular formula is C22H18FN3OS. The average Bonchev–Trinajstić information content (AvgIpc) is 2.74. The largest absolute Gasteiger partial charge is 0.485 e. The normalized spacial score (nSPS) is 16.8. The molecule has 0 bridgehead atoms. The number of rotatable bonds is 3. The Morgan fingerprint density at radius 1 is 0.964 bits per heavy atom. The first kappa shape index (κ1) is 18.1. The van der Waals surface area contributed by atoms with Crippen LogP contribution < -0.4 is 15.5 Å². The minimum atomic E-state index is -0.296. The van der Waals surface area contributed by atoms with E-state index < -0.39 is 0 Å². The van der Waals surface area contributed by atoms with Gasteiger partial charge in [-0.15, -0.1) is 0 Å². The highest BCUT2D eigenvalue weighted by Gasteiger charge is 2.26. The second-order valence-electron chi connectivity index (χ2n) is 6.35. The minimum absolute atomic E-state index is 0.115. The van der Waals surface area contributed by atoms with E-state index in [9.17, 15) is 4.39 Å². The van der Waals surface area contributed by atoms with Crippen molar-refractivity contribution in [2.75, 3.05) is 5.32 Å². The molecule has 2 N–H and O–H groups in total. The topological polar surface area (TPSA) is 45.7 Å². The molecule has 0 saturated carbocycles. The average molecular weight is 391 g/mol. The van der Waals surface area contributed by atoms with Gasteiger partial charge in [0.15, 0.2) is 5.11 Å². The van der Waals surface area contributed by atoms with Crippen LogP contribution in [0.3, 0.4) is 0 Å². The molecule has 0 spiro atoms. The van der Waals surface area contributed by atoms with Crippen molar-refractivity contribution in [1.82, 2.24) is 5.43 Å². The van der Waals surface area contributed by atoms with Crippen LogP contribution in [-0.2, 0) is 0 Å². The van der Waals surface area contributed by atoms with Gasteiger partial charge in [-0.1, -0.05) is 42.5 Å². The number of anilines is 1. The summed E-state index contributed by atoms with van der Waals surface area (Å²) in [6.07, 6.45) is 0.503. The molecule has 1 atom stereocenters. The van der Waals surface area contributed by atoms with Crippen LogP contribution in [0, 0.1) is 5.82 Å². The third-order valence-corrected chi connectivity index (χ3v) is 4.61. The predicted molar refractivity (Wildman–Crippen MR) is 113 cm³/mol. The number of hydrogen-bond donors (Lipinski definition) is 2. The molecular weight excluding hydrogens is 373 g/mol. The van der Waals surface area contributed by atoms with Gasteiger partial charge in [0.2, 0.25) is 0 Å². The lowest BCUT2D eigenvalue weighted by Crippen LogP contribution is -2.28. The first-order valence-corrected chi connectivity index (χ1v) is 9.30. The highest BCUT2D eigenvalue weighted by Crippen LogP contribution is 2.34. The lowest BCUT2D eigenvalue weighted by Gasteiger charge is -2.27. The number of halogens is 1. The summed E-state index contributed by atoms with van der Waals surface area (Å²) in [5.41, 5.74) is 6.47. The quantitative estimate of drug-likeness (QED) is 0.485. The Balaban J connectivity index is 1.53. The molecule has 0 saturated heterocycles. The molecule has 1 heterocycles. The number of nitrogens with one attached hydrogen (secondary N) is 2. The molecule has 0 fully saturated rings. The van der Waals surface area contributed by atoms with E-state index in [1.807, 2.05) is 54.6 Å². The van der Waals surface area contributed by atoms with Gasteiger partial charge in [-0.3, -0.25) is 5.43 Å². The smallest absolute Gasteiger partial charge is 0.191 e. The van der Waals surface area contributed by atoms with Crippen molar-refractivity contribution in [1.29, 1.82) is 0 Å². The second kappa shape index (κ2) is 8.19. The van der Waals surface area contributed by atoms with Gasteiger partial charge in [-0.05, 0) is 54.2 Å². The molecule has 140 valence electrons. The first-order valence-electron chi connectivity index (χ1n) is 8.89. The summed E-state index contributed by atoms with van der Waals surface area (Å²) in [6, 6.07) is 23.9. The third kappa shape index (κ3) is 4.18. The molecule has 28 heavy (non-hydrogen) atoms. The lowest BCUT2D eigenvalue weighted by atomic mass is 9.96. The maximum Gasteiger partial charge on any atom is 0.191 e. The van der Waals surface area contributed by atoms with Crippen LogP contribution in [-0.4, -0.2) is 10.8 Å². The Morgan fingerprint density at radius 2 is 1.68 bits per heavy atom. The molecule has 3 aromatic carbocycles. The maximum atomic E-state index is 13.0. The maximum absolute atomic E-state index is 13.0. The van der Waals surface area contributed by atoms with Crippen LogP contribution in [0.1, 0.15) is 23.7 Å². The SMILES string of the molecule is Fc1ccc(NC(=S)NN=C2C[C@@H](c3ccccc3)Oc3ccccc32)cc1. The molecule has 0 unspecified atom stereocenters. The van der Waals surface area contributed by atoms with E-state index in [2.05, 4.69) is 15.8 Å². The van der Waals surface area contributed by atoms with Gasteiger partial charge >= 0.3 is 0 Å². The monoisotopic (exact) mass is 391 g/mol. The van der Waals surface area contributed by atoms with Gasteiger partial charge in [-0.2, -0.15) is 5.10 Å². The minimum Gasteiger partial charge on any atom is -0.485 e. The highest BCUT2D eigenvalue weighted by molar-refractivity contribution is 7.80. The summed E-state index contributed by atoms with van der Waals surface area (Å²) in [4.78, 5) is 0. The molecule has 4 nitrogen and oxygen atoms in total. The van der Waals surface area contributed by atoms with E-state index in [-0.39, 0.29) is 11.9 Å². The number of fused-ring (bicyclic) bond motifs is 1. The molecule has 0 aromatic heterocycles. The van der Waals surface area contributed by atoms with Crippen LogP contribution in [0.4, 0.5) is 10.1 Å². The van der Waals surface area contributed by atoms with Gasteiger partial charge in [0.05, 0.1) is 5.71 Å². The van der Waals surface area contributed by atoms with E-state index in [1.54, 1.807) is 12.1 Å². The van der Waals surface area contributed by atoms with E-state index in [1.165, 1.54) is 12.1 Å². The number of ether oxygens (including phenoxy) is 1. The molecule has 0 aliphatic carbocycles. The zero-order valence-corrected chi connectivity index (χ0v) is 15.7. The van der Waals surface area contributed by atoms with Gasteiger partial charge < -0.3 is 10.1 Å². The summed E-state index contributed by atoms with van der Waals surface area (Å²) < 4.78 is 19.2. The number of para-hydroxylation sites is 1. The first-order chi connectivity index (χ1) is 13.7. The summed E-state index contributed by atoms with van der Waals surface area (Å²) >= 11 is 5.30. The number of benzene rings is 3. The second-order valence-corrected chi connectivity index (χ2v) is 6.76. The number of hydrogen-bond acceptors (Lipinski definition) is 3. The van der Waals surface area contributed by atoms with Crippen LogP contribution in [0.15, 0.2) is 84.0 Å². The molecule has 6 heteroatoms. The van der Waals surface area contributed by atoms with Gasteiger partial charge in [0.1, 0.15) is 17.7 Å².